The molecule has 0 atom stereocenters. The van der Waals surface area contributed by atoms with Gasteiger partial charge in [0, 0.05) is 18.5 Å². The molecular weight excluding hydrogens is 308 g/mol. The van der Waals surface area contributed by atoms with Crippen LogP contribution >= 0.6 is 11.3 Å². The number of nitrogens with one attached hydrogen (secondary N) is 1. The Morgan fingerprint density at radius 2 is 2.00 bits per heavy atom. The van der Waals surface area contributed by atoms with E-state index in [1.165, 1.54) is 16.9 Å². The van der Waals surface area contributed by atoms with E-state index in [-0.39, 0.29) is 5.91 Å². The number of carbonyl (C=O) groups is 1. The number of oxazole rings is 1. The minimum atomic E-state index is -0.0418. The van der Waals surface area contributed by atoms with Gasteiger partial charge < -0.3 is 9.73 Å². The molecule has 5 heteroatoms. The van der Waals surface area contributed by atoms with Crippen molar-refractivity contribution < 1.29 is 9.21 Å². The smallest absolute Gasteiger partial charge is 0.261 e. The molecule has 0 unspecified atom stereocenters. The highest BCUT2D eigenvalue weighted by atomic mass is 32.1. The lowest BCUT2D eigenvalue weighted by atomic mass is 10.1. The number of rotatable bonds is 5. The quantitative estimate of drug-likeness (QED) is 0.771. The molecule has 0 aliphatic carbocycles. The lowest BCUT2D eigenvalue weighted by molar-refractivity contribution is 0.0958. The van der Waals surface area contributed by atoms with Gasteiger partial charge in [0.25, 0.3) is 5.91 Å². The standard InChI is InChI=1S/C18H18N2O2S/c1-12-5-7-14(8-6-12)18-20-15(13(2)22-18)9-10-19-17(21)16-4-3-11-23-16/h3-8,11H,9-10H2,1-2H3,(H,19,21). The summed E-state index contributed by atoms with van der Waals surface area (Å²) in [5.41, 5.74) is 3.05. The van der Waals surface area contributed by atoms with E-state index in [9.17, 15) is 4.79 Å². The molecule has 0 bridgehead atoms. The monoisotopic (exact) mass is 326 g/mol. The first kappa shape index (κ1) is 15.5. The molecule has 0 saturated carbocycles. The summed E-state index contributed by atoms with van der Waals surface area (Å²) in [5.74, 6) is 1.38. The van der Waals surface area contributed by atoms with Crippen LogP contribution in [-0.4, -0.2) is 17.4 Å². The lowest BCUT2D eigenvalue weighted by Crippen LogP contribution is -2.25. The van der Waals surface area contributed by atoms with Crippen LogP contribution in [-0.2, 0) is 6.42 Å². The lowest BCUT2D eigenvalue weighted by Gasteiger charge is -2.01. The number of nitrogens with zero attached hydrogens (tertiary/aromatic N) is 1. The minimum Gasteiger partial charge on any atom is -0.441 e. The number of hydrogen-bond donors (Lipinski definition) is 1. The Balaban J connectivity index is 1.62. The molecule has 0 aliphatic heterocycles. The molecule has 4 nitrogen and oxygen atoms in total. The number of hydrogen-bond acceptors (Lipinski definition) is 4. The highest BCUT2D eigenvalue weighted by Gasteiger charge is 2.12. The molecule has 0 aliphatic rings. The van der Waals surface area contributed by atoms with Crippen LogP contribution in [0.4, 0.5) is 0 Å². The van der Waals surface area contributed by atoms with Gasteiger partial charge in [0.05, 0.1) is 10.6 Å². The molecule has 2 aromatic heterocycles. The first-order valence-electron chi connectivity index (χ1n) is 7.48. The average molecular weight is 326 g/mol. The van der Waals surface area contributed by atoms with Crippen LogP contribution in [0, 0.1) is 13.8 Å². The SMILES string of the molecule is Cc1ccc(-c2nc(CCNC(=O)c3cccs3)c(C)o2)cc1. The number of carbonyl (C=O) groups excluding carboxylic acids is 1. The van der Waals surface area contributed by atoms with Crippen molar-refractivity contribution in [3.8, 4) is 11.5 Å². The minimum absolute atomic E-state index is 0.0418. The molecule has 118 valence electrons. The van der Waals surface area contributed by atoms with Gasteiger partial charge in [-0.3, -0.25) is 4.79 Å². The first-order valence-corrected chi connectivity index (χ1v) is 8.36. The van der Waals surface area contributed by atoms with Crippen LogP contribution in [0.2, 0.25) is 0 Å². The van der Waals surface area contributed by atoms with Gasteiger partial charge in [-0.25, -0.2) is 4.98 Å². The second-order valence-electron chi connectivity index (χ2n) is 5.37. The summed E-state index contributed by atoms with van der Waals surface area (Å²) in [6.07, 6.45) is 0.651. The van der Waals surface area contributed by atoms with Crippen LogP contribution in [0.1, 0.15) is 26.7 Å². The van der Waals surface area contributed by atoms with E-state index < -0.39 is 0 Å². The van der Waals surface area contributed by atoms with Crippen molar-refractivity contribution in [3.63, 3.8) is 0 Å². The second-order valence-corrected chi connectivity index (χ2v) is 6.32. The number of aromatic nitrogens is 1. The van der Waals surface area contributed by atoms with Gasteiger partial charge >= 0.3 is 0 Å². The third-order valence-electron chi connectivity index (χ3n) is 3.58. The van der Waals surface area contributed by atoms with E-state index in [1.54, 1.807) is 0 Å². The Morgan fingerprint density at radius 1 is 1.22 bits per heavy atom. The van der Waals surface area contributed by atoms with Crippen molar-refractivity contribution in [2.45, 2.75) is 20.3 Å². The van der Waals surface area contributed by atoms with Gasteiger partial charge in [0.1, 0.15) is 5.76 Å². The Hall–Kier alpha value is -2.40. The fourth-order valence-electron chi connectivity index (χ4n) is 2.27. The van der Waals surface area contributed by atoms with Crippen LogP contribution in [0.5, 0.6) is 0 Å². The van der Waals surface area contributed by atoms with Crippen molar-refractivity contribution >= 4 is 17.2 Å². The molecular formula is C18H18N2O2S. The Kier molecular flexibility index (Phi) is 4.57. The van der Waals surface area contributed by atoms with Crippen LogP contribution in [0.15, 0.2) is 46.2 Å². The van der Waals surface area contributed by atoms with Crippen LogP contribution < -0.4 is 5.32 Å². The predicted molar refractivity (Wildman–Crippen MR) is 91.8 cm³/mol. The molecule has 3 aromatic rings. The third kappa shape index (κ3) is 3.68. The Bertz CT molecular complexity index is 789. The normalized spacial score (nSPS) is 10.7. The zero-order valence-corrected chi connectivity index (χ0v) is 13.9. The van der Waals surface area contributed by atoms with E-state index in [0.29, 0.717) is 18.9 Å². The fourth-order valence-corrected chi connectivity index (χ4v) is 2.91. The molecule has 3 rings (SSSR count). The molecule has 0 saturated heterocycles. The number of thiophene rings is 1. The fraction of sp³-hybridized carbons (Fsp3) is 0.222. The second kappa shape index (κ2) is 6.79. The van der Waals surface area contributed by atoms with E-state index in [1.807, 2.05) is 55.6 Å². The summed E-state index contributed by atoms with van der Waals surface area (Å²) in [6.45, 7) is 4.49. The molecule has 0 fully saturated rings. The summed E-state index contributed by atoms with van der Waals surface area (Å²) in [4.78, 5) is 17.2. The van der Waals surface area contributed by atoms with Crippen molar-refractivity contribution in [1.29, 1.82) is 0 Å². The van der Waals surface area contributed by atoms with Crippen LogP contribution in [0.25, 0.3) is 11.5 Å². The maximum atomic E-state index is 11.9. The summed E-state index contributed by atoms with van der Waals surface area (Å²) in [7, 11) is 0. The Labute approximate surface area is 139 Å². The largest absolute Gasteiger partial charge is 0.441 e. The molecule has 23 heavy (non-hydrogen) atoms. The van der Waals surface area contributed by atoms with Gasteiger partial charge in [-0.05, 0) is 37.4 Å². The topological polar surface area (TPSA) is 55.1 Å². The highest BCUT2D eigenvalue weighted by Crippen LogP contribution is 2.22. The van der Waals surface area contributed by atoms with Gasteiger partial charge in [0.2, 0.25) is 5.89 Å². The van der Waals surface area contributed by atoms with Gasteiger partial charge in [0.15, 0.2) is 0 Å². The van der Waals surface area contributed by atoms with E-state index in [2.05, 4.69) is 10.3 Å². The maximum absolute atomic E-state index is 11.9. The van der Waals surface area contributed by atoms with Gasteiger partial charge in [-0.1, -0.05) is 23.8 Å². The van der Waals surface area contributed by atoms with Gasteiger partial charge in [-0.2, -0.15) is 0 Å². The maximum Gasteiger partial charge on any atom is 0.261 e. The average Bonchev–Trinajstić information content (AvgIpc) is 3.18. The summed E-state index contributed by atoms with van der Waals surface area (Å²) in [6, 6.07) is 11.8. The van der Waals surface area contributed by atoms with Crippen molar-refractivity contribution in [1.82, 2.24) is 10.3 Å². The Morgan fingerprint density at radius 3 is 2.70 bits per heavy atom. The number of amides is 1. The highest BCUT2D eigenvalue weighted by molar-refractivity contribution is 7.12. The van der Waals surface area contributed by atoms with Gasteiger partial charge in [-0.15, -0.1) is 11.3 Å². The molecule has 0 radical (unpaired) electrons. The zero-order chi connectivity index (χ0) is 16.2. The molecule has 1 amide bonds. The van der Waals surface area contributed by atoms with E-state index in [4.69, 9.17) is 4.42 Å². The van der Waals surface area contributed by atoms with Crippen molar-refractivity contribution in [2.75, 3.05) is 6.54 Å². The first-order chi connectivity index (χ1) is 11.1. The zero-order valence-electron chi connectivity index (χ0n) is 13.1. The molecule has 0 spiro atoms. The van der Waals surface area contributed by atoms with Crippen LogP contribution in [0.3, 0.4) is 0 Å². The van der Waals surface area contributed by atoms with Crippen molar-refractivity contribution in [3.05, 3.63) is 63.7 Å². The van der Waals surface area contributed by atoms with E-state index >= 15 is 0 Å². The molecule has 2 heterocycles. The number of aryl methyl sites for hydroxylation is 2. The van der Waals surface area contributed by atoms with E-state index in [0.717, 1.165) is 21.9 Å². The third-order valence-corrected chi connectivity index (χ3v) is 4.45. The summed E-state index contributed by atoms with van der Waals surface area (Å²) >= 11 is 1.44. The van der Waals surface area contributed by atoms with Crippen molar-refractivity contribution in [2.24, 2.45) is 0 Å². The predicted octanol–water partition coefficient (Wildman–Crippen LogP) is 3.99. The summed E-state index contributed by atoms with van der Waals surface area (Å²) < 4.78 is 5.75. The number of benzene rings is 1. The molecule has 1 N–H and O–H groups in total. The summed E-state index contributed by atoms with van der Waals surface area (Å²) in [5, 5.41) is 4.80. The molecule has 1 aromatic carbocycles.